The zero-order chi connectivity index (χ0) is 33.2. The van der Waals surface area contributed by atoms with Crippen LogP contribution < -0.4 is 10.6 Å². The third kappa shape index (κ3) is 7.59. The fourth-order valence-corrected chi connectivity index (χ4v) is 6.65. The molecule has 3 heterocycles. The van der Waals surface area contributed by atoms with Crippen molar-refractivity contribution in [2.45, 2.75) is 101 Å². The lowest BCUT2D eigenvalue weighted by molar-refractivity contribution is -0.147. The number of aliphatic carboxylic acids is 1. The van der Waals surface area contributed by atoms with E-state index in [4.69, 9.17) is 16.3 Å². The van der Waals surface area contributed by atoms with Gasteiger partial charge in [0, 0.05) is 30.3 Å². The molecule has 1 aromatic rings. The predicted octanol–water partition coefficient (Wildman–Crippen LogP) is 4.07. The van der Waals surface area contributed by atoms with Crippen LogP contribution in [0.2, 0.25) is 5.02 Å². The number of carbonyl (C=O) groups is 5. The number of fused-ring (bicyclic) bond motifs is 3. The van der Waals surface area contributed by atoms with Crippen LogP contribution in [-0.4, -0.2) is 81.1 Å². The highest BCUT2D eigenvalue weighted by Crippen LogP contribution is 2.45. The van der Waals surface area contributed by atoms with E-state index in [9.17, 15) is 42.3 Å². The summed E-state index contributed by atoms with van der Waals surface area (Å²) >= 11 is 6.28. The zero-order valence-electron chi connectivity index (χ0n) is 25.0. The number of nitrogens with one attached hydrogen (secondary N) is 2. The Morgan fingerprint density at radius 1 is 1.15 bits per heavy atom. The van der Waals surface area contributed by atoms with Crippen molar-refractivity contribution in [3.05, 3.63) is 46.5 Å². The molecule has 1 aliphatic carbocycles. The third-order valence-corrected chi connectivity index (χ3v) is 9.40. The lowest BCUT2D eigenvalue weighted by atomic mass is 10.0. The average Bonchev–Trinajstić information content (AvgIpc) is 3.30. The highest BCUT2D eigenvalue weighted by atomic mass is 35.5. The van der Waals surface area contributed by atoms with E-state index in [1.165, 1.54) is 4.90 Å². The maximum Gasteiger partial charge on any atom is 0.410 e. The van der Waals surface area contributed by atoms with Crippen molar-refractivity contribution in [1.29, 1.82) is 0 Å². The number of rotatable bonds is 5. The molecule has 0 aromatic heterocycles. The zero-order valence-corrected chi connectivity index (χ0v) is 25.7. The van der Waals surface area contributed by atoms with Crippen LogP contribution in [0.15, 0.2) is 30.4 Å². The van der Waals surface area contributed by atoms with Crippen molar-refractivity contribution in [2.75, 3.05) is 6.54 Å². The van der Waals surface area contributed by atoms with Gasteiger partial charge in [-0.2, -0.15) is 13.2 Å². The van der Waals surface area contributed by atoms with Crippen LogP contribution >= 0.6 is 11.6 Å². The Bertz CT molecular complexity index is 1420. The Hall–Kier alpha value is -3.81. The summed E-state index contributed by atoms with van der Waals surface area (Å²) in [6.45, 7) is 0.216. The molecule has 5 rings (SSSR count). The van der Waals surface area contributed by atoms with Crippen molar-refractivity contribution >= 4 is 41.4 Å². The summed E-state index contributed by atoms with van der Waals surface area (Å²) in [5.41, 5.74) is 0.0864. The average molecular weight is 669 g/mol. The molecule has 5 atom stereocenters. The molecule has 3 aliphatic heterocycles. The number of hydrogen-bond acceptors (Lipinski definition) is 6. The van der Waals surface area contributed by atoms with Crippen LogP contribution in [0.5, 0.6) is 0 Å². The number of carboxylic acid groups (broad SMARTS) is 1. The number of carboxylic acids is 1. The lowest BCUT2D eigenvalue weighted by Crippen LogP contribution is -2.56. The molecule has 0 radical (unpaired) electrons. The molecular formula is C31H36ClF3N4O7. The van der Waals surface area contributed by atoms with Crippen LogP contribution in [-0.2, 0) is 37.0 Å². The van der Waals surface area contributed by atoms with Crippen molar-refractivity contribution in [3.8, 4) is 0 Å². The predicted molar refractivity (Wildman–Crippen MR) is 157 cm³/mol. The van der Waals surface area contributed by atoms with Gasteiger partial charge in [0.25, 0.3) is 0 Å². The fraction of sp³-hybridized carbons (Fsp3) is 0.581. The summed E-state index contributed by atoms with van der Waals surface area (Å²) < 4.78 is 44.1. The molecule has 1 aromatic carbocycles. The third-order valence-electron chi connectivity index (χ3n) is 9.04. The summed E-state index contributed by atoms with van der Waals surface area (Å²) in [5.74, 6) is -4.10. The van der Waals surface area contributed by atoms with Gasteiger partial charge in [-0.05, 0) is 42.9 Å². The first-order valence-electron chi connectivity index (χ1n) is 15.4. The minimum atomic E-state index is -4.56. The van der Waals surface area contributed by atoms with Gasteiger partial charge in [-0.1, -0.05) is 48.7 Å². The van der Waals surface area contributed by atoms with Gasteiger partial charge in [-0.15, -0.1) is 0 Å². The first-order chi connectivity index (χ1) is 21.8. The largest absolute Gasteiger partial charge is 0.479 e. The second kappa shape index (κ2) is 13.5. The number of hydrogen-bond donors (Lipinski definition) is 3. The normalized spacial score (nSPS) is 29.0. The first kappa shape index (κ1) is 33.6. The molecule has 0 unspecified atom stereocenters. The van der Waals surface area contributed by atoms with Crippen molar-refractivity contribution in [2.24, 2.45) is 5.92 Å². The molecule has 4 aliphatic rings. The first-order valence-corrected chi connectivity index (χ1v) is 15.8. The van der Waals surface area contributed by atoms with Gasteiger partial charge in [0.1, 0.15) is 23.7 Å². The number of halogens is 4. The van der Waals surface area contributed by atoms with Crippen LogP contribution in [0.3, 0.4) is 0 Å². The van der Waals surface area contributed by atoms with Gasteiger partial charge < -0.3 is 25.4 Å². The van der Waals surface area contributed by atoms with E-state index in [0.717, 1.165) is 16.0 Å². The number of carbonyl (C=O) groups excluding carboxylic acids is 4. The van der Waals surface area contributed by atoms with Gasteiger partial charge in [0.05, 0.1) is 19.5 Å². The van der Waals surface area contributed by atoms with Crippen LogP contribution in [0.1, 0.15) is 68.9 Å². The molecule has 1 saturated heterocycles. The molecule has 4 amide bonds. The maximum atomic E-state index is 13.9. The lowest BCUT2D eigenvalue weighted by Gasteiger charge is -2.29. The van der Waals surface area contributed by atoms with E-state index in [-0.39, 0.29) is 38.9 Å². The molecule has 0 spiro atoms. The van der Waals surface area contributed by atoms with Gasteiger partial charge in [-0.25, -0.2) is 9.59 Å². The maximum absolute atomic E-state index is 13.9. The summed E-state index contributed by atoms with van der Waals surface area (Å²) in [7, 11) is 0. The van der Waals surface area contributed by atoms with E-state index in [2.05, 4.69) is 10.6 Å². The highest BCUT2D eigenvalue weighted by Gasteiger charge is 2.61. The van der Waals surface area contributed by atoms with Crippen LogP contribution in [0.4, 0.5) is 18.0 Å². The molecule has 1 saturated carbocycles. The van der Waals surface area contributed by atoms with Gasteiger partial charge in [-0.3, -0.25) is 19.3 Å². The minimum absolute atomic E-state index is 0.115. The number of amides is 4. The van der Waals surface area contributed by atoms with E-state index in [1.54, 1.807) is 18.2 Å². The van der Waals surface area contributed by atoms with Gasteiger partial charge in [0.15, 0.2) is 0 Å². The summed E-state index contributed by atoms with van der Waals surface area (Å²) in [5, 5.41) is 15.5. The fourth-order valence-electron chi connectivity index (χ4n) is 6.40. The number of nitrogens with zero attached hydrogens (tertiary/aromatic N) is 2. The standard InChI is InChI=1S/C31H36ClF3N4O7/c32-22-9-6-7-18-15-38(17-21(18)22)29(45)46-20-13-24-26(41)37-30(28(43)44)14-19(30)8-4-2-1-3-5-10-23(27(42)39(24)16-20)36-25(40)11-12-31(33,34)35/h4,6-9,19-20,23-24H,1-3,5,10-17H2,(H,36,40)(H,37,41)(H,43,44)/b8-4-/t19-,20+,23-,24-,30+/m0/s1. The summed E-state index contributed by atoms with van der Waals surface area (Å²) in [6.07, 6.45) is -2.24. The Labute approximate surface area is 268 Å². The van der Waals surface area contributed by atoms with Gasteiger partial charge in [0.2, 0.25) is 17.7 Å². The number of ether oxygens (including phenoxy) is 1. The quantitative estimate of drug-likeness (QED) is 0.401. The molecule has 250 valence electrons. The molecule has 11 nitrogen and oxygen atoms in total. The highest BCUT2D eigenvalue weighted by molar-refractivity contribution is 6.31. The monoisotopic (exact) mass is 668 g/mol. The number of alkyl halides is 3. The Balaban J connectivity index is 1.36. The number of allylic oxidation sites excluding steroid dienone is 1. The molecule has 0 bridgehead atoms. The van der Waals surface area contributed by atoms with E-state index in [0.29, 0.717) is 30.7 Å². The Morgan fingerprint density at radius 2 is 1.93 bits per heavy atom. The van der Waals surface area contributed by atoms with E-state index >= 15 is 0 Å². The molecule has 15 heteroatoms. The Morgan fingerprint density at radius 3 is 2.65 bits per heavy atom. The molecule has 3 N–H and O–H groups in total. The van der Waals surface area contributed by atoms with E-state index in [1.807, 2.05) is 12.1 Å². The topological polar surface area (TPSA) is 145 Å². The minimum Gasteiger partial charge on any atom is -0.479 e. The molecule has 46 heavy (non-hydrogen) atoms. The molecular weight excluding hydrogens is 633 g/mol. The Kier molecular flexibility index (Phi) is 9.85. The second-order valence-electron chi connectivity index (χ2n) is 12.4. The smallest absolute Gasteiger partial charge is 0.410 e. The van der Waals surface area contributed by atoms with Crippen molar-refractivity contribution in [1.82, 2.24) is 20.4 Å². The van der Waals surface area contributed by atoms with E-state index < -0.39 is 78.4 Å². The molecule has 2 fully saturated rings. The van der Waals surface area contributed by atoms with Crippen molar-refractivity contribution in [3.63, 3.8) is 0 Å². The number of benzene rings is 1. The summed E-state index contributed by atoms with van der Waals surface area (Å²) in [4.78, 5) is 68.1. The van der Waals surface area contributed by atoms with Gasteiger partial charge >= 0.3 is 18.2 Å². The summed E-state index contributed by atoms with van der Waals surface area (Å²) in [6, 6.07) is 2.83. The van der Waals surface area contributed by atoms with Crippen molar-refractivity contribution < 1.29 is 47.0 Å². The van der Waals surface area contributed by atoms with Crippen LogP contribution in [0, 0.1) is 5.92 Å². The van der Waals surface area contributed by atoms with Crippen LogP contribution in [0.25, 0.3) is 0 Å². The second-order valence-corrected chi connectivity index (χ2v) is 12.8. The SMILES string of the molecule is O=C(CCC(F)(F)F)N[C@H]1CCCCC/C=C\[C@H]2C[C@@]2(C(=O)O)NC(=O)[C@@H]2C[C@@H](OC(=O)N3Cc4cccc(Cl)c4C3)CN2C1=O.